The minimum Gasteiger partial charge on any atom is -0.354 e. The highest BCUT2D eigenvalue weighted by atomic mass is 79.9. The summed E-state index contributed by atoms with van der Waals surface area (Å²) in [5.74, 6) is -0.758. The molecular weight excluding hydrogens is 566 g/mol. The molecule has 202 valence electrons. The fraction of sp³-hybridized carbons (Fsp3) is 0.310. The van der Waals surface area contributed by atoms with E-state index in [1.54, 1.807) is 49.4 Å². The molecule has 3 rings (SSSR count). The van der Waals surface area contributed by atoms with Crippen LogP contribution in [0, 0.1) is 6.92 Å². The van der Waals surface area contributed by atoms with Crippen molar-refractivity contribution in [3.8, 4) is 0 Å². The molecule has 0 aromatic heterocycles. The van der Waals surface area contributed by atoms with Crippen LogP contribution in [0.5, 0.6) is 0 Å². The summed E-state index contributed by atoms with van der Waals surface area (Å²) in [6.07, 6.45) is 1.76. The van der Waals surface area contributed by atoms with Crippen LogP contribution in [0.25, 0.3) is 0 Å². The molecule has 0 unspecified atom stereocenters. The molecule has 0 aliphatic rings. The van der Waals surface area contributed by atoms with Crippen molar-refractivity contribution >= 4 is 43.5 Å². The number of nitrogens with zero attached hydrogens (tertiary/aromatic N) is 2. The first kappa shape index (κ1) is 29.4. The number of amides is 2. The van der Waals surface area contributed by atoms with Crippen molar-refractivity contribution in [2.75, 3.05) is 17.4 Å². The fourth-order valence-corrected chi connectivity index (χ4v) is 5.78. The first-order valence-corrected chi connectivity index (χ1v) is 14.8. The molecule has 0 fully saturated rings. The predicted molar refractivity (Wildman–Crippen MR) is 154 cm³/mol. The second-order valence-corrected chi connectivity index (χ2v) is 11.9. The van der Waals surface area contributed by atoms with E-state index >= 15 is 0 Å². The van der Waals surface area contributed by atoms with Gasteiger partial charge < -0.3 is 10.2 Å². The molecule has 2 amide bonds. The van der Waals surface area contributed by atoms with E-state index in [0.717, 1.165) is 28.3 Å². The van der Waals surface area contributed by atoms with E-state index in [1.807, 2.05) is 38.1 Å². The first-order valence-electron chi connectivity index (χ1n) is 12.6. The molecule has 0 radical (unpaired) electrons. The van der Waals surface area contributed by atoms with E-state index in [2.05, 4.69) is 21.2 Å². The molecule has 0 heterocycles. The number of sulfonamides is 1. The first-order chi connectivity index (χ1) is 18.1. The highest BCUT2D eigenvalue weighted by Gasteiger charge is 2.32. The Bertz CT molecular complexity index is 1350. The summed E-state index contributed by atoms with van der Waals surface area (Å²) < 4.78 is 29.3. The summed E-state index contributed by atoms with van der Waals surface area (Å²) in [5, 5.41) is 2.90. The second-order valence-electron chi connectivity index (χ2n) is 9.07. The molecule has 3 aromatic rings. The molecule has 7 nitrogen and oxygen atoms in total. The minimum absolute atomic E-state index is 0.0728. The van der Waals surface area contributed by atoms with Gasteiger partial charge in [-0.05, 0) is 61.7 Å². The average molecular weight is 601 g/mol. The van der Waals surface area contributed by atoms with Gasteiger partial charge in [0.2, 0.25) is 11.8 Å². The highest BCUT2D eigenvalue weighted by Crippen LogP contribution is 2.27. The minimum atomic E-state index is -4.08. The van der Waals surface area contributed by atoms with E-state index in [1.165, 1.54) is 17.0 Å². The molecule has 3 aromatic carbocycles. The van der Waals surface area contributed by atoms with Crippen LogP contribution in [0.15, 0.2) is 88.2 Å². The lowest BCUT2D eigenvalue weighted by Gasteiger charge is -2.32. The standard InChI is InChI=1S/C29H34BrN3O4S/c1-4-5-18-31-29(35)23(3)32(20-24-13-10-9-12-22(24)2)28(34)21-33(26-15-11-14-25(30)19-26)38(36,37)27-16-7-6-8-17-27/h6-17,19,23H,4-5,18,20-21H2,1-3H3,(H,31,35)/t23-/m0/s1. The van der Waals surface area contributed by atoms with Crippen molar-refractivity contribution < 1.29 is 18.0 Å². The van der Waals surface area contributed by atoms with Gasteiger partial charge in [-0.25, -0.2) is 8.42 Å². The van der Waals surface area contributed by atoms with Crippen molar-refractivity contribution in [2.45, 2.75) is 51.1 Å². The van der Waals surface area contributed by atoms with E-state index < -0.39 is 28.5 Å². The SMILES string of the molecule is CCCCNC(=O)[C@H](C)N(Cc1ccccc1C)C(=O)CN(c1cccc(Br)c1)S(=O)(=O)c1ccccc1. The normalized spacial score (nSPS) is 12.0. The Labute approximate surface area is 234 Å². The Morgan fingerprint density at radius 3 is 2.32 bits per heavy atom. The number of benzene rings is 3. The van der Waals surface area contributed by atoms with Crippen LogP contribution in [-0.2, 0) is 26.2 Å². The predicted octanol–water partition coefficient (Wildman–Crippen LogP) is 5.29. The molecule has 1 atom stereocenters. The van der Waals surface area contributed by atoms with Crippen LogP contribution in [0.3, 0.4) is 0 Å². The smallest absolute Gasteiger partial charge is 0.264 e. The van der Waals surface area contributed by atoms with Gasteiger partial charge in [0, 0.05) is 17.6 Å². The van der Waals surface area contributed by atoms with Crippen LogP contribution in [0.2, 0.25) is 0 Å². The van der Waals surface area contributed by atoms with E-state index in [-0.39, 0.29) is 17.3 Å². The molecule has 0 spiro atoms. The van der Waals surface area contributed by atoms with Gasteiger partial charge in [-0.15, -0.1) is 0 Å². The Kier molecular flexibility index (Phi) is 10.5. The zero-order valence-electron chi connectivity index (χ0n) is 21.9. The summed E-state index contributed by atoms with van der Waals surface area (Å²) in [6.45, 7) is 5.87. The monoisotopic (exact) mass is 599 g/mol. The molecule has 0 saturated carbocycles. The van der Waals surface area contributed by atoms with Gasteiger partial charge in [0.05, 0.1) is 10.6 Å². The second kappa shape index (κ2) is 13.6. The van der Waals surface area contributed by atoms with Gasteiger partial charge in [0.25, 0.3) is 10.0 Å². The molecule has 1 N–H and O–H groups in total. The number of anilines is 1. The topological polar surface area (TPSA) is 86.8 Å². The highest BCUT2D eigenvalue weighted by molar-refractivity contribution is 9.10. The third-order valence-corrected chi connectivity index (χ3v) is 8.59. The van der Waals surface area contributed by atoms with E-state index in [9.17, 15) is 18.0 Å². The van der Waals surface area contributed by atoms with Gasteiger partial charge in [0.15, 0.2) is 0 Å². The lowest BCUT2D eigenvalue weighted by atomic mass is 10.1. The number of rotatable bonds is 12. The maximum Gasteiger partial charge on any atom is 0.264 e. The molecule has 0 aliphatic heterocycles. The van der Waals surface area contributed by atoms with E-state index in [0.29, 0.717) is 16.7 Å². The number of hydrogen-bond donors (Lipinski definition) is 1. The van der Waals surface area contributed by atoms with Gasteiger partial charge in [-0.3, -0.25) is 13.9 Å². The molecule has 0 bridgehead atoms. The van der Waals surface area contributed by atoms with Crippen LogP contribution < -0.4 is 9.62 Å². The zero-order valence-corrected chi connectivity index (χ0v) is 24.3. The van der Waals surface area contributed by atoms with Crippen LogP contribution in [0.4, 0.5) is 5.69 Å². The molecule has 0 aliphatic carbocycles. The van der Waals surface area contributed by atoms with Crippen LogP contribution in [0.1, 0.15) is 37.8 Å². The summed E-state index contributed by atoms with van der Waals surface area (Å²) in [5.41, 5.74) is 2.20. The molecule has 9 heteroatoms. The van der Waals surface area contributed by atoms with Crippen LogP contribution >= 0.6 is 15.9 Å². The Balaban J connectivity index is 2.00. The Morgan fingerprint density at radius 1 is 0.974 bits per heavy atom. The maximum atomic E-state index is 13.9. The number of nitrogens with one attached hydrogen (secondary N) is 1. The number of hydrogen-bond acceptors (Lipinski definition) is 4. The molecule has 38 heavy (non-hydrogen) atoms. The van der Waals surface area contributed by atoms with Gasteiger partial charge in [-0.1, -0.05) is 77.8 Å². The number of unbranched alkanes of at least 4 members (excludes halogenated alkanes) is 1. The largest absolute Gasteiger partial charge is 0.354 e. The Hall–Kier alpha value is -3.17. The van der Waals surface area contributed by atoms with Crippen molar-refractivity contribution in [3.63, 3.8) is 0 Å². The van der Waals surface area contributed by atoms with Gasteiger partial charge in [0.1, 0.15) is 12.6 Å². The number of halogens is 1. The lowest BCUT2D eigenvalue weighted by Crippen LogP contribution is -2.51. The van der Waals surface area contributed by atoms with Crippen LogP contribution in [-0.4, -0.2) is 44.3 Å². The summed E-state index contributed by atoms with van der Waals surface area (Å²) >= 11 is 3.40. The summed E-state index contributed by atoms with van der Waals surface area (Å²) in [4.78, 5) is 28.5. The third kappa shape index (κ3) is 7.45. The van der Waals surface area contributed by atoms with Crippen molar-refractivity contribution in [1.29, 1.82) is 0 Å². The summed E-state index contributed by atoms with van der Waals surface area (Å²) in [7, 11) is -4.08. The Morgan fingerprint density at radius 2 is 1.66 bits per heavy atom. The quantitative estimate of drug-likeness (QED) is 0.287. The average Bonchev–Trinajstić information content (AvgIpc) is 2.91. The maximum absolute atomic E-state index is 13.9. The van der Waals surface area contributed by atoms with E-state index in [4.69, 9.17) is 0 Å². The van der Waals surface area contributed by atoms with Crippen molar-refractivity contribution in [3.05, 3.63) is 94.5 Å². The number of aryl methyl sites for hydroxylation is 1. The number of carbonyl (C=O) groups excluding carboxylic acids is 2. The summed E-state index contributed by atoms with van der Waals surface area (Å²) in [6, 6.07) is 21.6. The molecule has 0 saturated heterocycles. The fourth-order valence-electron chi connectivity index (χ4n) is 3.97. The third-order valence-electron chi connectivity index (χ3n) is 6.31. The van der Waals surface area contributed by atoms with Gasteiger partial charge >= 0.3 is 0 Å². The van der Waals surface area contributed by atoms with Gasteiger partial charge in [-0.2, -0.15) is 0 Å². The molecular formula is C29H34BrN3O4S. The number of carbonyl (C=O) groups is 2. The van der Waals surface area contributed by atoms with Crippen molar-refractivity contribution in [1.82, 2.24) is 10.2 Å². The zero-order chi connectivity index (χ0) is 27.7. The van der Waals surface area contributed by atoms with Crippen molar-refractivity contribution in [2.24, 2.45) is 0 Å². The lowest BCUT2D eigenvalue weighted by molar-refractivity contribution is -0.139.